The third kappa shape index (κ3) is 2.78. The molecule has 0 spiro atoms. The van der Waals surface area contributed by atoms with Gasteiger partial charge in [0.25, 0.3) is 0 Å². The van der Waals surface area contributed by atoms with Crippen molar-refractivity contribution in [1.82, 2.24) is 19.8 Å². The van der Waals surface area contributed by atoms with Gasteiger partial charge in [0.05, 0.1) is 12.7 Å². The molecule has 6 nitrogen and oxygen atoms in total. The standard InChI is InChI=1S/C17H20N4O2S/c1-17(2)10-12(8-9-23-17)15-20-21-14(18-19-16(21)24-15)11-4-6-13(22-3)7-5-11/h4-7,12H,8-10H2,1-3H3/t12-/m0/s1. The molecule has 7 heteroatoms. The zero-order chi connectivity index (χ0) is 16.7. The third-order valence-electron chi connectivity index (χ3n) is 4.40. The molecule has 1 aromatic carbocycles. The van der Waals surface area contributed by atoms with Crippen molar-refractivity contribution in [3.05, 3.63) is 29.3 Å². The number of hydrogen-bond donors (Lipinski definition) is 0. The van der Waals surface area contributed by atoms with Crippen LogP contribution < -0.4 is 4.74 Å². The first kappa shape index (κ1) is 15.5. The van der Waals surface area contributed by atoms with Gasteiger partial charge in [-0.05, 0) is 51.0 Å². The average molecular weight is 344 g/mol. The van der Waals surface area contributed by atoms with E-state index < -0.39 is 0 Å². The molecule has 1 saturated heterocycles. The van der Waals surface area contributed by atoms with Crippen LogP contribution in [0.25, 0.3) is 16.3 Å². The summed E-state index contributed by atoms with van der Waals surface area (Å²) in [7, 11) is 1.66. The predicted octanol–water partition coefficient (Wildman–Crippen LogP) is 3.53. The highest BCUT2D eigenvalue weighted by molar-refractivity contribution is 7.16. The predicted molar refractivity (Wildman–Crippen MR) is 92.7 cm³/mol. The highest BCUT2D eigenvalue weighted by atomic mass is 32.1. The summed E-state index contributed by atoms with van der Waals surface area (Å²) in [5.41, 5.74) is 0.890. The Hall–Kier alpha value is -1.99. The largest absolute Gasteiger partial charge is 0.497 e. The molecule has 0 N–H and O–H groups in total. The van der Waals surface area contributed by atoms with Gasteiger partial charge in [-0.3, -0.25) is 0 Å². The fourth-order valence-electron chi connectivity index (χ4n) is 3.16. The second-order valence-corrected chi connectivity index (χ2v) is 7.67. The number of ether oxygens (including phenoxy) is 2. The fourth-order valence-corrected chi connectivity index (χ4v) is 4.13. The van der Waals surface area contributed by atoms with Gasteiger partial charge in [0.15, 0.2) is 5.82 Å². The summed E-state index contributed by atoms with van der Waals surface area (Å²) < 4.78 is 12.9. The number of benzene rings is 1. The fraction of sp³-hybridized carbons (Fsp3) is 0.471. The SMILES string of the molecule is COc1ccc(-c2nnc3sc([C@H]4CCOC(C)(C)C4)nn23)cc1. The van der Waals surface area contributed by atoms with Gasteiger partial charge in [0.2, 0.25) is 4.96 Å². The molecule has 1 aliphatic heterocycles. The van der Waals surface area contributed by atoms with Crippen molar-refractivity contribution < 1.29 is 9.47 Å². The summed E-state index contributed by atoms with van der Waals surface area (Å²) >= 11 is 1.63. The van der Waals surface area contributed by atoms with E-state index in [1.54, 1.807) is 18.4 Å². The van der Waals surface area contributed by atoms with E-state index >= 15 is 0 Å². The molecule has 24 heavy (non-hydrogen) atoms. The van der Waals surface area contributed by atoms with E-state index in [0.29, 0.717) is 5.92 Å². The van der Waals surface area contributed by atoms with Crippen molar-refractivity contribution in [3.8, 4) is 17.1 Å². The minimum atomic E-state index is -0.0895. The highest BCUT2D eigenvalue weighted by Crippen LogP contribution is 2.37. The summed E-state index contributed by atoms with van der Waals surface area (Å²) in [6.07, 6.45) is 1.99. The molecule has 4 rings (SSSR count). The minimum Gasteiger partial charge on any atom is -0.497 e. The number of hydrogen-bond acceptors (Lipinski definition) is 6. The van der Waals surface area contributed by atoms with Crippen LogP contribution >= 0.6 is 11.3 Å². The second-order valence-electron chi connectivity index (χ2n) is 6.68. The van der Waals surface area contributed by atoms with Crippen molar-refractivity contribution in [3.63, 3.8) is 0 Å². The lowest BCUT2D eigenvalue weighted by atomic mass is 9.89. The van der Waals surface area contributed by atoms with Crippen LogP contribution in [0.4, 0.5) is 0 Å². The quantitative estimate of drug-likeness (QED) is 0.727. The lowest BCUT2D eigenvalue weighted by Crippen LogP contribution is -2.33. The molecular formula is C17H20N4O2S. The van der Waals surface area contributed by atoms with Crippen molar-refractivity contribution in [2.24, 2.45) is 0 Å². The minimum absolute atomic E-state index is 0.0895. The Morgan fingerprint density at radius 3 is 2.75 bits per heavy atom. The Labute approximate surface area is 144 Å². The highest BCUT2D eigenvalue weighted by Gasteiger charge is 2.32. The van der Waals surface area contributed by atoms with Crippen LogP contribution in [0.2, 0.25) is 0 Å². The topological polar surface area (TPSA) is 61.5 Å². The van der Waals surface area contributed by atoms with E-state index in [9.17, 15) is 0 Å². The van der Waals surface area contributed by atoms with Gasteiger partial charge in [-0.1, -0.05) is 11.3 Å². The molecule has 0 radical (unpaired) electrons. The monoisotopic (exact) mass is 344 g/mol. The normalized spacial score (nSPS) is 20.4. The van der Waals surface area contributed by atoms with Crippen molar-refractivity contribution in [1.29, 1.82) is 0 Å². The molecule has 3 heterocycles. The molecule has 0 unspecified atom stereocenters. The molecule has 0 saturated carbocycles. The first-order valence-electron chi connectivity index (χ1n) is 8.06. The van der Waals surface area contributed by atoms with Crippen LogP contribution in [-0.4, -0.2) is 39.1 Å². The number of rotatable bonds is 3. The molecule has 0 bridgehead atoms. The molecule has 0 amide bonds. The Morgan fingerprint density at radius 2 is 2.04 bits per heavy atom. The Bertz CT molecular complexity index is 853. The first-order valence-corrected chi connectivity index (χ1v) is 8.88. The van der Waals surface area contributed by atoms with Gasteiger partial charge in [-0.15, -0.1) is 10.2 Å². The summed E-state index contributed by atoms with van der Waals surface area (Å²) in [6, 6.07) is 7.80. The number of fused-ring (bicyclic) bond motifs is 1. The van der Waals surface area contributed by atoms with Gasteiger partial charge in [-0.25, -0.2) is 0 Å². The Balaban J connectivity index is 1.68. The van der Waals surface area contributed by atoms with Crippen LogP contribution in [0.15, 0.2) is 24.3 Å². The number of methoxy groups -OCH3 is 1. The maximum absolute atomic E-state index is 5.82. The van der Waals surface area contributed by atoms with E-state index in [2.05, 4.69) is 24.0 Å². The van der Waals surface area contributed by atoms with Crippen LogP contribution in [0.5, 0.6) is 5.75 Å². The van der Waals surface area contributed by atoms with Crippen molar-refractivity contribution >= 4 is 16.3 Å². The molecule has 2 aromatic heterocycles. The van der Waals surface area contributed by atoms with E-state index in [1.165, 1.54) is 0 Å². The molecule has 1 aliphatic rings. The molecule has 0 aliphatic carbocycles. The number of aromatic nitrogens is 4. The summed E-state index contributed by atoms with van der Waals surface area (Å²) in [4.78, 5) is 0.833. The Kier molecular flexibility index (Phi) is 3.77. The van der Waals surface area contributed by atoms with E-state index in [4.69, 9.17) is 14.6 Å². The van der Waals surface area contributed by atoms with Crippen molar-refractivity contribution in [2.75, 3.05) is 13.7 Å². The maximum Gasteiger partial charge on any atom is 0.234 e. The summed E-state index contributed by atoms with van der Waals surface area (Å²) in [5.74, 6) is 2.01. The van der Waals surface area contributed by atoms with Crippen molar-refractivity contribution in [2.45, 2.75) is 38.2 Å². The molecular weight excluding hydrogens is 324 g/mol. The summed E-state index contributed by atoms with van der Waals surface area (Å²) in [5, 5.41) is 14.5. The summed E-state index contributed by atoms with van der Waals surface area (Å²) in [6.45, 7) is 5.06. The Morgan fingerprint density at radius 1 is 1.25 bits per heavy atom. The maximum atomic E-state index is 5.82. The van der Waals surface area contributed by atoms with Crippen LogP contribution in [0, 0.1) is 0 Å². The zero-order valence-corrected chi connectivity index (χ0v) is 14.8. The molecule has 1 atom stereocenters. The van der Waals surface area contributed by atoms with Gasteiger partial charge < -0.3 is 9.47 Å². The van der Waals surface area contributed by atoms with Gasteiger partial charge in [-0.2, -0.15) is 9.61 Å². The van der Waals surface area contributed by atoms with E-state index in [1.807, 2.05) is 28.8 Å². The van der Waals surface area contributed by atoms with Gasteiger partial charge in [0.1, 0.15) is 10.8 Å². The number of nitrogens with zero attached hydrogens (tertiary/aromatic N) is 4. The van der Waals surface area contributed by atoms with E-state index in [0.717, 1.165) is 46.6 Å². The zero-order valence-electron chi connectivity index (χ0n) is 14.0. The average Bonchev–Trinajstić information content (AvgIpc) is 3.14. The lowest BCUT2D eigenvalue weighted by Gasteiger charge is -2.34. The van der Waals surface area contributed by atoms with E-state index in [-0.39, 0.29) is 5.60 Å². The molecule has 1 fully saturated rings. The third-order valence-corrected chi connectivity index (χ3v) is 5.46. The first-order chi connectivity index (χ1) is 11.6. The second kappa shape index (κ2) is 5.82. The molecule has 126 valence electrons. The lowest BCUT2D eigenvalue weighted by molar-refractivity contribution is -0.0593. The van der Waals surface area contributed by atoms with Crippen LogP contribution in [-0.2, 0) is 4.74 Å². The smallest absolute Gasteiger partial charge is 0.234 e. The molecule has 3 aromatic rings. The van der Waals surface area contributed by atoms with Gasteiger partial charge >= 0.3 is 0 Å². The van der Waals surface area contributed by atoms with Gasteiger partial charge in [0, 0.05) is 18.1 Å². The van der Waals surface area contributed by atoms with Crippen LogP contribution in [0.3, 0.4) is 0 Å². The van der Waals surface area contributed by atoms with Crippen LogP contribution in [0.1, 0.15) is 37.6 Å².